The minimum atomic E-state index is -0.620. The van der Waals surface area contributed by atoms with Gasteiger partial charge in [-0.05, 0) is 17.7 Å². The van der Waals surface area contributed by atoms with Gasteiger partial charge in [-0.15, -0.1) is 0 Å². The maximum atomic E-state index is 12.0. The topological polar surface area (TPSA) is 56.0 Å². The van der Waals surface area contributed by atoms with Crippen molar-refractivity contribution < 1.29 is 4.79 Å². The number of carbonyl (C=O) groups is 1. The fraction of sp³-hybridized carbons (Fsp3) is 0.0769. The molecule has 0 bridgehead atoms. The molecule has 2 aromatic rings. The van der Waals surface area contributed by atoms with Crippen molar-refractivity contribution in [2.24, 2.45) is 5.73 Å². The molecule has 0 saturated heterocycles. The lowest BCUT2D eigenvalue weighted by atomic mass is 9.99. The van der Waals surface area contributed by atoms with Gasteiger partial charge < -0.3 is 5.73 Å². The van der Waals surface area contributed by atoms with Crippen LogP contribution in [-0.2, 0) is 0 Å². The minimum Gasteiger partial charge on any atom is -0.318 e. The average Bonchev–Trinajstić information content (AvgIpc) is 2.39. The highest BCUT2D eigenvalue weighted by Crippen LogP contribution is 2.14. The van der Waals surface area contributed by atoms with E-state index in [0.717, 1.165) is 5.56 Å². The Labute approximate surface area is 93.9 Å². The Bertz CT molecular complexity index is 468. The lowest BCUT2D eigenvalue weighted by Crippen LogP contribution is -2.21. The van der Waals surface area contributed by atoms with Crippen molar-refractivity contribution in [3.8, 4) is 0 Å². The molecular weight excluding hydrogens is 200 g/mol. The van der Waals surface area contributed by atoms with E-state index in [1.54, 1.807) is 18.3 Å². The van der Waals surface area contributed by atoms with E-state index in [-0.39, 0.29) is 5.78 Å². The summed E-state index contributed by atoms with van der Waals surface area (Å²) in [6.45, 7) is 0. The first-order valence-electron chi connectivity index (χ1n) is 5.04. The number of aromatic nitrogens is 1. The number of carbonyl (C=O) groups excluding carboxylic acids is 1. The fourth-order valence-electron chi connectivity index (χ4n) is 1.50. The Balaban J connectivity index is 2.24. The van der Waals surface area contributed by atoms with Gasteiger partial charge in [0.15, 0.2) is 5.78 Å². The van der Waals surface area contributed by atoms with Crippen molar-refractivity contribution >= 4 is 5.78 Å². The third kappa shape index (κ3) is 2.15. The van der Waals surface area contributed by atoms with Crippen LogP contribution < -0.4 is 5.73 Å². The molecule has 1 atom stereocenters. The predicted octanol–water partition coefficient (Wildman–Crippen LogP) is 1.96. The SMILES string of the molecule is N[C@@H](C(=O)c1cccnc1)c1ccccc1. The van der Waals surface area contributed by atoms with Gasteiger partial charge in [-0.25, -0.2) is 0 Å². The Morgan fingerprint density at radius 3 is 2.50 bits per heavy atom. The molecule has 0 radical (unpaired) electrons. The third-order valence-electron chi connectivity index (χ3n) is 2.39. The molecule has 0 saturated carbocycles. The van der Waals surface area contributed by atoms with Crippen LogP contribution in [0.1, 0.15) is 22.0 Å². The molecule has 1 heterocycles. The monoisotopic (exact) mass is 212 g/mol. The number of benzene rings is 1. The van der Waals surface area contributed by atoms with E-state index in [0.29, 0.717) is 5.56 Å². The number of rotatable bonds is 3. The van der Waals surface area contributed by atoms with Crippen LogP contribution in [0.5, 0.6) is 0 Å². The number of nitrogens with two attached hydrogens (primary N) is 1. The molecule has 1 aromatic carbocycles. The number of nitrogens with zero attached hydrogens (tertiary/aromatic N) is 1. The third-order valence-corrected chi connectivity index (χ3v) is 2.39. The van der Waals surface area contributed by atoms with Crippen LogP contribution >= 0.6 is 0 Å². The maximum absolute atomic E-state index is 12.0. The fourth-order valence-corrected chi connectivity index (χ4v) is 1.50. The van der Waals surface area contributed by atoms with Crippen LogP contribution in [0.25, 0.3) is 0 Å². The van der Waals surface area contributed by atoms with Gasteiger partial charge in [0.05, 0.1) is 6.04 Å². The maximum Gasteiger partial charge on any atom is 0.185 e. The van der Waals surface area contributed by atoms with Crippen molar-refractivity contribution in [1.82, 2.24) is 4.98 Å². The van der Waals surface area contributed by atoms with Crippen molar-refractivity contribution in [1.29, 1.82) is 0 Å². The first-order valence-corrected chi connectivity index (χ1v) is 5.04. The highest BCUT2D eigenvalue weighted by Gasteiger charge is 2.16. The predicted molar refractivity (Wildman–Crippen MR) is 61.9 cm³/mol. The lowest BCUT2D eigenvalue weighted by molar-refractivity contribution is 0.0961. The highest BCUT2D eigenvalue weighted by atomic mass is 16.1. The zero-order chi connectivity index (χ0) is 11.4. The summed E-state index contributed by atoms with van der Waals surface area (Å²) < 4.78 is 0. The van der Waals surface area contributed by atoms with Gasteiger partial charge in [0.25, 0.3) is 0 Å². The first-order chi connectivity index (χ1) is 7.79. The van der Waals surface area contributed by atoms with Crippen molar-refractivity contribution in [2.75, 3.05) is 0 Å². The minimum absolute atomic E-state index is 0.112. The summed E-state index contributed by atoms with van der Waals surface area (Å²) in [5.74, 6) is -0.112. The molecular formula is C13H12N2O. The van der Waals surface area contributed by atoms with Crippen LogP contribution in [0.4, 0.5) is 0 Å². The van der Waals surface area contributed by atoms with Gasteiger partial charge in [0.1, 0.15) is 0 Å². The van der Waals surface area contributed by atoms with Gasteiger partial charge in [0.2, 0.25) is 0 Å². The number of Topliss-reactive ketones (excluding diaryl/α,β-unsaturated/α-hetero) is 1. The second-order valence-corrected chi connectivity index (χ2v) is 3.49. The molecule has 0 aliphatic heterocycles. The summed E-state index contributed by atoms with van der Waals surface area (Å²) in [6.07, 6.45) is 3.16. The molecule has 3 heteroatoms. The summed E-state index contributed by atoms with van der Waals surface area (Å²) in [6, 6.07) is 12.1. The van der Waals surface area contributed by atoms with Crippen LogP contribution in [0, 0.1) is 0 Å². The Hall–Kier alpha value is -2.00. The second kappa shape index (κ2) is 4.68. The standard InChI is InChI=1S/C13H12N2O/c14-12(10-5-2-1-3-6-10)13(16)11-7-4-8-15-9-11/h1-9,12H,14H2/t12-/m1/s1. The molecule has 0 fully saturated rings. The van der Waals surface area contributed by atoms with Crippen LogP contribution in [0.2, 0.25) is 0 Å². The normalized spacial score (nSPS) is 12.1. The molecule has 80 valence electrons. The molecule has 1 aromatic heterocycles. The van der Waals surface area contributed by atoms with Crippen LogP contribution in [-0.4, -0.2) is 10.8 Å². The molecule has 0 unspecified atom stereocenters. The summed E-state index contributed by atoms with van der Waals surface area (Å²) in [7, 11) is 0. The van der Waals surface area contributed by atoms with E-state index in [4.69, 9.17) is 5.73 Å². The first kappa shape index (κ1) is 10.5. The van der Waals surface area contributed by atoms with Crippen LogP contribution in [0.3, 0.4) is 0 Å². The summed E-state index contributed by atoms with van der Waals surface area (Å²) >= 11 is 0. The van der Waals surface area contributed by atoms with E-state index >= 15 is 0 Å². The molecule has 2 rings (SSSR count). The van der Waals surface area contributed by atoms with Gasteiger partial charge in [0, 0.05) is 18.0 Å². The van der Waals surface area contributed by atoms with Gasteiger partial charge >= 0.3 is 0 Å². The van der Waals surface area contributed by atoms with Crippen molar-refractivity contribution in [3.63, 3.8) is 0 Å². The Kier molecular flexibility index (Phi) is 3.08. The zero-order valence-corrected chi connectivity index (χ0v) is 8.71. The number of hydrogen-bond donors (Lipinski definition) is 1. The number of ketones is 1. The number of hydrogen-bond acceptors (Lipinski definition) is 3. The number of pyridine rings is 1. The van der Waals surface area contributed by atoms with Crippen LogP contribution in [0.15, 0.2) is 54.9 Å². The van der Waals surface area contributed by atoms with Gasteiger partial charge in [-0.2, -0.15) is 0 Å². The van der Waals surface area contributed by atoms with E-state index in [1.165, 1.54) is 6.20 Å². The molecule has 0 aliphatic carbocycles. The molecule has 2 N–H and O–H groups in total. The summed E-state index contributed by atoms with van der Waals surface area (Å²) in [5.41, 5.74) is 7.25. The quantitative estimate of drug-likeness (QED) is 0.791. The molecule has 0 spiro atoms. The van der Waals surface area contributed by atoms with E-state index in [2.05, 4.69) is 4.98 Å². The average molecular weight is 212 g/mol. The molecule has 0 aliphatic rings. The largest absolute Gasteiger partial charge is 0.318 e. The summed E-state index contributed by atoms with van der Waals surface area (Å²) in [4.78, 5) is 15.9. The van der Waals surface area contributed by atoms with E-state index in [9.17, 15) is 4.79 Å². The summed E-state index contributed by atoms with van der Waals surface area (Å²) in [5, 5.41) is 0. The molecule has 16 heavy (non-hydrogen) atoms. The van der Waals surface area contributed by atoms with Crippen molar-refractivity contribution in [3.05, 3.63) is 66.0 Å². The Morgan fingerprint density at radius 2 is 1.88 bits per heavy atom. The zero-order valence-electron chi connectivity index (χ0n) is 8.71. The molecule has 3 nitrogen and oxygen atoms in total. The van der Waals surface area contributed by atoms with Gasteiger partial charge in [-0.3, -0.25) is 9.78 Å². The van der Waals surface area contributed by atoms with Crippen molar-refractivity contribution in [2.45, 2.75) is 6.04 Å². The second-order valence-electron chi connectivity index (χ2n) is 3.49. The lowest BCUT2D eigenvalue weighted by Gasteiger charge is -2.10. The van der Waals surface area contributed by atoms with E-state index in [1.807, 2.05) is 30.3 Å². The Morgan fingerprint density at radius 1 is 1.12 bits per heavy atom. The smallest absolute Gasteiger partial charge is 0.185 e. The molecule has 0 amide bonds. The van der Waals surface area contributed by atoms with E-state index < -0.39 is 6.04 Å². The van der Waals surface area contributed by atoms with Gasteiger partial charge in [-0.1, -0.05) is 30.3 Å². The highest BCUT2D eigenvalue weighted by molar-refractivity contribution is 6.00.